The van der Waals surface area contributed by atoms with Gasteiger partial charge in [-0.25, -0.2) is 9.37 Å². The van der Waals surface area contributed by atoms with Crippen molar-refractivity contribution in [2.45, 2.75) is 0 Å². The number of aromatic nitrogens is 2. The number of nitrogens with one attached hydrogen (secondary N) is 1. The molecular weight excluding hydrogens is 269 g/mol. The minimum absolute atomic E-state index is 0.237. The van der Waals surface area contributed by atoms with Crippen molar-refractivity contribution in [1.29, 1.82) is 0 Å². The largest absolute Gasteiger partial charge is 0.322 e. The maximum atomic E-state index is 12.8. The minimum atomic E-state index is -0.335. The molecule has 0 saturated heterocycles. The molecule has 0 unspecified atom stereocenters. The third kappa shape index (κ3) is 2.97. The second-order valence-electron chi connectivity index (χ2n) is 4.48. The van der Waals surface area contributed by atoms with Crippen LogP contribution in [0.1, 0.15) is 10.4 Å². The first-order valence-electron chi connectivity index (χ1n) is 6.38. The molecule has 3 rings (SSSR count). The fraction of sp³-hybridized carbons (Fsp3) is 0. The van der Waals surface area contributed by atoms with Crippen LogP contribution in [0.4, 0.5) is 10.1 Å². The Bertz CT molecular complexity index is 734. The van der Waals surface area contributed by atoms with Crippen LogP contribution in [0.2, 0.25) is 0 Å². The van der Waals surface area contributed by atoms with Crippen LogP contribution in [0, 0.1) is 5.82 Å². The average Bonchev–Trinajstić information content (AvgIpc) is 3.04. The zero-order valence-corrected chi connectivity index (χ0v) is 11.0. The van der Waals surface area contributed by atoms with E-state index in [4.69, 9.17) is 0 Å². The number of halogens is 1. The number of imidazole rings is 1. The van der Waals surface area contributed by atoms with E-state index in [0.29, 0.717) is 11.3 Å². The van der Waals surface area contributed by atoms with Crippen molar-refractivity contribution in [3.63, 3.8) is 0 Å². The molecule has 0 saturated carbocycles. The number of benzene rings is 2. The quantitative estimate of drug-likeness (QED) is 0.801. The molecule has 21 heavy (non-hydrogen) atoms. The highest BCUT2D eigenvalue weighted by Gasteiger charge is 2.06. The van der Waals surface area contributed by atoms with Gasteiger partial charge in [0.2, 0.25) is 0 Å². The fourth-order valence-electron chi connectivity index (χ4n) is 1.93. The van der Waals surface area contributed by atoms with Crippen molar-refractivity contribution in [3.05, 3.63) is 78.6 Å². The van der Waals surface area contributed by atoms with Gasteiger partial charge in [0, 0.05) is 29.3 Å². The summed E-state index contributed by atoms with van der Waals surface area (Å²) in [5.74, 6) is -0.573. The molecule has 0 aliphatic heterocycles. The number of rotatable bonds is 3. The lowest BCUT2D eigenvalue weighted by atomic mass is 10.2. The Balaban J connectivity index is 1.74. The summed E-state index contributed by atoms with van der Waals surface area (Å²) in [7, 11) is 0. The molecule has 3 aromatic rings. The molecule has 0 radical (unpaired) electrons. The number of nitrogens with zero attached hydrogens (tertiary/aromatic N) is 2. The minimum Gasteiger partial charge on any atom is -0.322 e. The molecule has 4 nitrogen and oxygen atoms in total. The Morgan fingerprint density at radius 2 is 1.76 bits per heavy atom. The summed E-state index contributed by atoms with van der Waals surface area (Å²) in [6.45, 7) is 0. The van der Waals surface area contributed by atoms with E-state index < -0.39 is 0 Å². The van der Waals surface area contributed by atoms with Crippen molar-refractivity contribution in [3.8, 4) is 5.69 Å². The molecule has 0 spiro atoms. The lowest BCUT2D eigenvalue weighted by molar-refractivity contribution is 0.102. The maximum absolute atomic E-state index is 12.8. The number of anilines is 1. The summed E-state index contributed by atoms with van der Waals surface area (Å²) in [6, 6.07) is 12.8. The van der Waals surface area contributed by atoms with Crippen LogP contribution in [0.25, 0.3) is 5.69 Å². The Labute approximate surface area is 120 Å². The topological polar surface area (TPSA) is 46.9 Å². The van der Waals surface area contributed by atoms with Crippen LogP contribution < -0.4 is 5.32 Å². The second kappa shape index (κ2) is 5.58. The summed E-state index contributed by atoms with van der Waals surface area (Å²) >= 11 is 0. The van der Waals surface area contributed by atoms with Crippen LogP contribution in [0.15, 0.2) is 67.3 Å². The van der Waals surface area contributed by atoms with Crippen LogP contribution in [0.5, 0.6) is 0 Å². The third-order valence-electron chi connectivity index (χ3n) is 3.03. The SMILES string of the molecule is O=C(Nc1ccc(F)cc1)c1ccc(-n2ccnc2)cc1. The molecule has 2 aromatic carbocycles. The van der Waals surface area contributed by atoms with Crippen molar-refractivity contribution in [1.82, 2.24) is 9.55 Å². The highest BCUT2D eigenvalue weighted by molar-refractivity contribution is 6.04. The monoisotopic (exact) mass is 281 g/mol. The first-order valence-corrected chi connectivity index (χ1v) is 6.38. The molecule has 1 aromatic heterocycles. The predicted molar refractivity (Wildman–Crippen MR) is 77.9 cm³/mol. The van der Waals surface area contributed by atoms with Gasteiger partial charge in [0.25, 0.3) is 5.91 Å². The smallest absolute Gasteiger partial charge is 0.255 e. The first kappa shape index (κ1) is 13.1. The van der Waals surface area contributed by atoms with Crippen molar-refractivity contribution < 1.29 is 9.18 Å². The fourth-order valence-corrected chi connectivity index (χ4v) is 1.93. The summed E-state index contributed by atoms with van der Waals surface area (Å²) in [6.07, 6.45) is 5.20. The first-order chi connectivity index (χ1) is 10.2. The number of hydrogen-bond donors (Lipinski definition) is 1. The van der Waals surface area contributed by atoms with E-state index in [1.807, 2.05) is 22.9 Å². The average molecular weight is 281 g/mol. The molecule has 0 aliphatic carbocycles. The van der Waals surface area contributed by atoms with Gasteiger partial charge >= 0.3 is 0 Å². The summed E-state index contributed by atoms with van der Waals surface area (Å²) in [5.41, 5.74) is 2.01. The Morgan fingerprint density at radius 3 is 2.38 bits per heavy atom. The van der Waals surface area contributed by atoms with Crippen molar-refractivity contribution in [2.24, 2.45) is 0 Å². The molecule has 0 fully saturated rings. The van der Waals surface area contributed by atoms with E-state index in [1.165, 1.54) is 24.3 Å². The molecule has 0 bridgehead atoms. The van der Waals surface area contributed by atoms with Crippen molar-refractivity contribution >= 4 is 11.6 Å². The number of amides is 1. The number of carbonyl (C=O) groups excluding carboxylic acids is 1. The van der Waals surface area contributed by atoms with Gasteiger partial charge < -0.3 is 9.88 Å². The van der Waals surface area contributed by atoms with Gasteiger partial charge in [0.1, 0.15) is 5.82 Å². The molecule has 5 heteroatoms. The van der Waals surface area contributed by atoms with Crippen LogP contribution >= 0.6 is 0 Å². The van der Waals surface area contributed by atoms with Crippen LogP contribution in [0.3, 0.4) is 0 Å². The molecule has 104 valence electrons. The van der Waals surface area contributed by atoms with Gasteiger partial charge in [-0.05, 0) is 48.5 Å². The number of carbonyl (C=O) groups is 1. The normalized spacial score (nSPS) is 10.3. The zero-order valence-electron chi connectivity index (χ0n) is 11.0. The summed E-state index contributed by atoms with van der Waals surface area (Å²) in [4.78, 5) is 16.0. The van der Waals surface area contributed by atoms with Crippen LogP contribution in [-0.2, 0) is 0 Å². The van der Waals surface area contributed by atoms with Gasteiger partial charge in [-0.1, -0.05) is 0 Å². The maximum Gasteiger partial charge on any atom is 0.255 e. The molecule has 1 heterocycles. The van der Waals surface area contributed by atoms with Gasteiger partial charge in [0.15, 0.2) is 0 Å². The molecular formula is C16H12FN3O. The third-order valence-corrected chi connectivity index (χ3v) is 3.03. The van der Waals surface area contributed by atoms with Gasteiger partial charge in [0.05, 0.1) is 6.33 Å². The Kier molecular flexibility index (Phi) is 3.47. The molecule has 1 amide bonds. The summed E-state index contributed by atoms with van der Waals surface area (Å²) in [5, 5.41) is 2.71. The lowest BCUT2D eigenvalue weighted by Gasteiger charge is -2.06. The van der Waals surface area contributed by atoms with Crippen LogP contribution in [-0.4, -0.2) is 15.5 Å². The molecule has 0 atom stereocenters. The van der Waals surface area contributed by atoms with E-state index in [-0.39, 0.29) is 11.7 Å². The molecule has 0 aliphatic rings. The van der Waals surface area contributed by atoms with E-state index >= 15 is 0 Å². The second-order valence-corrected chi connectivity index (χ2v) is 4.48. The van der Waals surface area contributed by atoms with Gasteiger partial charge in [-0.3, -0.25) is 4.79 Å². The standard InChI is InChI=1S/C16H12FN3O/c17-13-3-5-14(6-4-13)19-16(21)12-1-7-15(8-2-12)20-10-9-18-11-20/h1-11H,(H,19,21). The predicted octanol–water partition coefficient (Wildman–Crippen LogP) is 3.26. The van der Waals surface area contributed by atoms with E-state index in [2.05, 4.69) is 10.3 Å². The Morgan fingerprint density at radius 1 is 1.05 bits per heavy atom. The van der Waals surface area contributed by atoms with E-state index in [1.54, 1.807) is 24.7 Å². The Hall–Kier alpha value is -2.95. The number of hydrogen-bond acceptors (Lipinski definition) is 2. The van der Waals surface area contributed by atoms with Gasteiger partial charge in [-0.15, -0.1) is 0 Å². The highest BCUT2D eigenvalue weighted by atomic mass is 19.1. The zero-order chi connectivity index (χ0) is 14.7. The van der Waals surface area contributed by atoms with Crippen molar-refractivity contribution in [2.75, 3.05) is 5.32 Å². The lowest BCUT2D eigenvalue weighted by Crippen LogP contribution is -2.11. The highest BCUT2D eigenvalue weighted by Crippen LogP contribution is 2.13. The summed E-state index contributed by atoms with van der Waals surface area (Å²) < 4.78 is 14.7. The van der Waals surface area contributed by atoms with E-state index in [0.717, 1.165) is 5.69 Å². The van der Waals surface area contributed by atoms with Gasteiger partial charge in [-0.2, -0.15) is 0 Å². The molecule has 1 N–H and O–H groups in total. The van der Waals surface area contributed by atoms with E-state index in [9.17, 15) is 9.18 Å².